The van der Waals surface area contributed by atoms with E-state index in [9.17, 15) is 9.59 Å². The van der Waals surface area contributed by atoms with Gasteiger partial charge in [0.05, 0.1) is 5.69 Å². The first-order valence-electron chi connectivity index (χ1n) is 16.6. The Bertz CT molecular complexity index is 1590. The van der Waals surface area contributed by atoms with Gasteiger partial charge in [-0.1, -0.05) is 31.5 Å². The first-order valence-corrected chi connectivity index (χ1v) is 16.6. The van der Waals surface area contributed by atoms with Crippen molar-refractivity contribution in [3.8, 4) is 11.3 Å². The summed E-state index contributed by atoms with van der Waals surface area (Å²) in [5.74, 6) is 0.539. The Kier molecular flexibility index (Phi) is 12.4. The first kappa shape index (κ1) is 33.7. The number of amides is 2. The highest BCUT2D eigenvalue weighted by molar-refractivity contribution is 6.04. The number of aryl methyl sites for hydroxylation is 1. The lowest BCUT2D eigenvalue weighted by Gasteiger charge is -2.35. The van der Waals surface area contributed by atoms with Crippen molar-refractivity contribution in [2.45, 2.75) is 52.5 Å². The number of anilines is 3. The molecule has 4 aromatic rings. The van der Waals surface area contributed by atoms with Gasteiger partial charge in [0.25, 0.3) is 5.91 Å². The highest BCUT2D eigenvalue weighted by Gasteiger charge is 2.21. The zero-order chi connectivity index (χ0) is 32.8. The number of nitrogens with zero attached hydrogens (tertiary/aromatic N) is 5. The standard InChI is InChI=1S/C37H45N7O3/c1-3-23-47-24-6-4-5-9-35(45)44-21-19-43(20-22-44)27-29-11-13-30(14-12-29)36(46)40-32-15-10-28(2)34(25-32)42-37-39-18-16-33(41-37)31-8-7-17-38-26-31/h7-8,10-18,25-26H,3-6,9,19-24,27H2,1-2H3,(H,40,46)(H,39,41,42). The summed E-state index contributed by atoms with van der Waals surface area (Å²) in [6.07, 6.45) is 9.84. The molecule has 1 aliphatic heterocycles. The van der Waals surface area contributed by atoms with Gasteiger partial charge in [0.1, 0.15) is 0 Å². The maximum Gasteiger partial charge on any atom is 0.255 e. The number of unbranched alkanes of at least 4 members (excludes halogenated alkanes) is 2. The van der Waals surface area contributed by atoms with Crippen LogP contribution in [0.3, 0.4) is 0 Å². The van der Waals surface area contributed by atoms with Gasteiger partial charge in [-0.3, -0.25) is 19.5 Å². The molecule has 0 unspecified atom stereocenters. The number of carbonyl (C=O) groups excluding carboxylic acids is 2. The normalized spacial score (nSPS) is 13.4. The highest BCUT2D eigenvalue weighted by atomic mass is 16.5. The summed E-state index contributed by atoms with van der Waals surface area (Å²) in [5.41, 5.74) is 5.87. The summed E-state index contributed by atoms with van der Waals surface area (Å²) >= 11 is 0. The van der Waals surface area contributed by atoms with Crippen molar-refractivity contribution in [3.63, 3.8) is 0 Å². The van der Waals surface area contributed by atoms with Crippen LogP contribution in [0.1, 0.15) is 60.5 Å². The Balaban J connectivity index is 1.07. The Morgan fingerprint density at radius 1 is 0.915 bits per heavy atom. The Morgan fingerprint density at radius 3 is 2.51 bits per heavy atom. The molecule has 0 spiro atoms. The smallest absolute Gasteiger partial charge is 0.255 e. The molecular formula is C37H45N7O3. The average molecular weight is 636 g/mol. The van der Waals surface area contributed by atoms with E-state index >= 15 is 0 Å². The van der Waals surface area contributed by atoms with Gasteiger partial charge in [0.2, 0.25) is 11.9 Å². The molecule has 0 bridgehead atoms. The largest absolute Gasteiger partial charge is 0.381 e. The second kappa shape index (κ2) is 17.3. The highest BCUT2D eigenvalue weighted by Crippen LogP contribution is 2.25. The van der Waals surface area contributed by atoms with E-state index in [2.05, 4.69) is 37.4 Å². The number of carbonyl (C=O) groups is 2. The fraction of sp³-hybridized carbons (Fsp3) is 0.378. The molecule has 0 atom stereocenters. The van der Waals surface area contributed by atoms with Crippen LogP contribution in [0.2, 0.25) is 0 Å². The van der Waals surface area contributed by atoms with Crippen LogP contribution in [-0.2, 0) is 16.1 Å². The number of benzene rings is 2. The Morgan fingerprint density at radius 2 is 1.74 bits per heavy atom. The zero-order valence-corrected chi connectivity index (χ0v) is 27.5. The molecule has 5 rings (SSSR count). The lowest BCUT2D eigenvalue weighted by Crippen LogP contribution is -2.48. The third-order valence-corrected chi connectivity index (χ3v) is 8.23. The fourth-order valence-corrected chi connectivity index (χ4v) is 5.49. The topological polar surface area (TPSA) is 113 Å². The number of ether oxygens (including phenoxy) is 1. The molecule has 2 aromatic carbocycles. The third kappa shape index (κ3) is 10.2. The predicted molar refractivity (Wildman–Crippen MR) is 186 cm³/mol. The van der Waals surface area contributed by atoms with Crippen LogP contribution < -0.4 is 10.6 Å². The van der Waals surface area contributed by atoms with E-state index in [1.54, 1.807) is 18.6 Å². The van der Waals surface area contributed by atoms with E-state index in [1.807, 2.05) is 72.5 Å². The summed E-state index contributed by atoms with van der Waals surface area (Å²) in [5, 5.41) is 6.30. The van der Waals surface area contributed by atoms with Gasteiger partial charge >= 0.3 is 0 Å². The number of hydrogen-bond donors (Lipinski definition) is 2. The van der Waals surface area contributed by atoms with E-state index < -0.39 is 0 Å². The van der Waals surface area contributed by atoms with Gasteiger partial charge in [0, 0.05) is 93.5 Å². The molecule has 0 radical (unpaired) electrons. The molecule has 10 nitrogen and oxygen atoms in total. The maximum absolute atomic E-state index is 13.1. The van der Waals surface area contributed by atoms with Crippen molar-refractivity contribution in [3.05, 3.63) is 95.9 Å². The van der Waals surface area contributed by atoms with Crippen molar-refractivity contribution in [2.24, 2.45) is 0 Å². The maximum atomic E-state index is 13.1. The third-order valence-electron chi connectivity index (χ3n) is 8.23. The van der Waals surface area contributed by atoms with E-state index in [0.717, 1.165) is 99.7 Å². The van der Waals surface area contributed by atoms with Crippen LogP contribution in [0.15, 0.2) is 79.3 Å². The molecule has 1 aliphatic rings. The molecule has 47 heavy (non-hydrogen) atoms. The van der Waals surface area contributed by atoms with Crippen LogP contribution >= 0.6 is 0 Å². The van der Waals surface area contributed by atoms with Gasteiger partial charge in [-0.05, 0) is 79.8 Å². The lowest BCUT2D eigenvalue weighted by molar-refractivity contribution is -0.133. The second-order valence-electron chi connectivity index (χ2n) is 11.9. The molecule has 246 valence electrons. The molecule has 3 heterocycles. The number of nitrogens with one attached hydrogen (secondary N) is 2. The van der Waals surface area contributed by atoms with Crippen LogP contribution in [0.25, 0.3) is 11.3 Å². The van der Waals surface area contributed by atoms with E-state index in [-0.39, 0.29) is 11.8 Å². The van der Waals surface area contributed by atoms with Crippen LogP contribution in [0.5, 0.6) is 0 Å². The van der Waals surface area contributed by atoms with Crippen LogP contribution in [0, 0.1) is 6.92 Å². The SMILES string of the molecule is CCCOCCCCCC(=O)N1CCN(Cc2ccc(C(=O)Nc3ccc(C)c(Nc4nccc(-c5cccnc5)n4)c3)cc2)CC1. The minimum absolute atomic E-state index is 0.179. The number of aromatic nitrogens is 3. The Hall–Kier alpha value is -4.67. The predicted octanol–water partition coefficient (Wildman–Crippen LogP) is 6.47. The minimum atomic E-state index is -0.179. The van der Waals surface area contributed by atoms with Crippen molar-refractivity contribution < 1.29 is 14.3 Å². The van der Waals surface area contributed by atoms with Gasteiger partial charge in [-0.2, -0.15) is 0 Å². The molecular weight excluding hydrogens is 590 g/mol. The number of hydrogen-bond acceptors (Lipinski definition) is 8. The van der Waals surface area contributed by atoms with Crippen LogP contribution in [0.4, 0.5) is 17.3 Å². The van der Waals surface area contributed by atoms with E-state index in [1.165, 1.54) is 0 Å². The minimum Gasteiger partial charge on any atom is -0.381 e. The van der Waals surface area contributed by atoms with Crippen LogP contribution in [-0.4, -0.2) is 76.0 Å². The molecule has 2 N–H and O–H groups in total. The van der Waals surface area contributed by atoms with Gasteiger partial charge in [-0.15, -0.1) is 0 Å². The molecule has 0 aliphatic carbocycles. The number of pyridine rings is 1. The summed E-state index contributed by atoms with van der Waals surface area (Å²) in [7, 11) is 0. The Labute approximate surface area is 277 Å². The van der Waals surface area contributed by atoms with Gasteiger partial charge in [-0.25, -0.2) is 9.97 Å². The quantitative estimate of drug-likeness (QED) is 0.143. The monoisotopic (exact) mass is 635 g/mol. The number of rotatable bonds is 15. The zero-order valence-electron chi connectivity index (χ0n) is 27.5. The summed E-state index contributed by atoms with van der Waals surface area (Å²) in [6, 6.07) is 19.1. The van der Waals surface area contributed by atoms with Crippen molar-refractivity contribution in [2.75, 3.05) is 50.0 Å². The average Bonchev–Trinajstić information content (AvgIpc) is 3.10. The second-order valence-corrected chi connectivity index (χ2v) is 11.9. The summed E-state index contributed by atoms with van der Waals surface area (Å²) in [6.45, 7) is 9.71. The van der Waals surface area contributed by atoms with Crippen molar-refractivity contribution in [1.82, 2.24) is 24.8 Å². The van der Waals surface area contributed by atoms with Gasteiger partial charge in [0.15, 0.2) is 0 Å². The van der Waals surface area contributed by atoms with Gasteiger partial charge < -0.3 is 20.3 Å². The van der Waals surface area contributed by atoms with Crippen molar-refractivity contribution in [1.29, 1.82) is 0 Å². The van der Waals surface area contributed by atoms with Crippen molar-refractivity contribution >= 4 is 29.1 Å². The van der Waals surface area contributed by atoms with E-state index in [0.29, 0.717) is 23.6 Å². The molecule has 1 fully saturated rings. The summed E-state index contributed by atoms with van der Waals surface area (Å²) in [4.78, 5) is 43.3. The fourth-order valence-electron chi connectivity index (χ4n) is 5.49. The van der Waals surface area contributed by atoms with E-state index in [4.69, 9.17) is 4.74 Å². The molecule has 10 heteroatoms. The molecule has 1 saturated heterocycles. The molecule has 2 amide bonds. The molecule has 0 saturated carbocycles. The first-order chi connectivity index (χ1) is 23.0. The summed E-state index contributed by atoms with van der Waals surface area (Å²) < 4.78 is 5.52. The molecule has 2 aromatic heterocycles. The number of piperazine rings is 1. The lowest BCUT2D eigenvalue weighted by atomic mass is 10.1.